The van der Waals surface area contributed by atoms with E-state index in [4.69, 9.17) is 0 Å². The molecule has 5 fully saturated rings. The van der Waals surface area contributed by atoms with Crippen molar-refractivity contribution in [1.82, 2.24) is 10.6 Å². The number of rotatable bonds is 6. The Balaban J connectivity index is 1.31. The number of carbonyl (C=O) groups excluding carboxylic acids is 2. The molecule has 1 aromatic carbocycles. The van der Waals surface area contributed by atoms with Gasteiger partial charge in [-0.05, 0) is 101 Å². The Labute approximate surface area is 191 Å². The number of amides is 3. The van der Waals surface area contributed by atoms with Crippen molar-refractivity contribution in [2.24, 2.45) is 17.8 Å². The molecule has 1 saturated heterocycles. The molecule has 4 aliphatic carbocycles. The second-order valence-corrected chi connectivity index (χ2v) is 11.0. The second-order valence-electron chi connectivity index (χ2n) is 11.0. The summed E-state index contributed by atoms with van der Waals surface area (Å²) in [4.78, 5) is 28.4. The molecule has 6 heteroatoms. The van der Waals surface area contributed by atoms with Crippen LogP contribution in [-0.4, -0.2) is 36.6 Å². The summed E-state index contributed by atoms with van der Waals surface area (Å²) in [6.45, 7) is 6.04. The van der Waals surface area contributed by atoms with Gasteiger partial charge in [-0.25, -0.2) is 4.79 Å². The molecule has 6 rings (SSSR count). The minimum Gasteiger partial charge on any atom is -0.371 e. The standard InChI is InChI=1S/C26H38N4O2/c1-3-17(2)27-24(31)22-13-21(6-7-23(22)30-8-4-5-9-30)28-25(32)29-26-14-18-10-19(15-26)12-20(11-18)16-26/h6-7,13,17-20H,3-5,8-12,14-16H2,1-2H3,(H,27,31)(H2,28,29,32). The zero-order valence-corrected chi connectivity index (χ0v) is 19.6. The summed E-state index contributed by atoms with van der Waals surface area (Å²) < 4.78 is 0. The van der Waals surface area contributed by atoms with E-state index in [9.17, 15) is 9.59 Å². The number of hydrogen-bond acceptors (Lipinski definition) is 3. The maximum Gasteiger partial charge on any atom is 0.319 e. The topological polar surface area (TPSA) is 73.5 Å². The molecular weight excluding hydrogens is 400 g/mol. The first-order chi connectivity index (χ1) is 15.4. The number of anilines is 2. The molecule has 174 valence electrons. The number of carbonyl (C=O) groups is 2. The van der Waals surface area contributed by atoms with E-state index in [1.54, 1.807) is 0 Å². The van der Waals surface area contributed by atoms with Gasteiger partial charge in [-0.1, -0.05) is 6.92 Å². The molecule has 1 aromatic rings. The van der Waals surface area contributed by atoms with Crippen LogP contribution in [0.1, 0.15) is 82.0 Å². The highest BCUT2D eigenvalue weighted by Crippen LogP contribution is 2.55. The summed E-state index contributed by atoms with van der Waals surface area (Å²) in [6.07, 6.45) is 10.6. The Bertz CT molecular complexity index is 841. The Hall–Kier alpha value is -2.24. The van der Waals surface area contributed by atoms with Crippen molar-refractivity contribution in [3.8, 4) is 0 Å². The first-order valence-electron chi connectivity index (χ1n) is 12.7. The van der Waals surface area contributed by atoms with Gasteiger partial charge in [0.2, 0.25) is 0 Å². The van der Waals surface area contributed by atoms with E-state index in [2.05, 4.69) is 27.8 Å². The monoisotopic (exact) mass is 438 g/mol. The van der Waals surface area contributed by atoms with Gasteiger partial charge < -0.3 is 20.9 Å². The molecule has 0 aromatic heterocycles. The lowest BCUT2D eigenvalue weighted by molar-refractivity contribution is -0.0127. The van der Waals surface area contributed by atoms with Crippen LogP contribution >= 0.6 is 0 Å². The number of benzene rings is 1. The molecule has 1 unspecified atom stereocenters. The van der Waals surface area contributed by atoms with Gasteiger partial charge in [0, 0.05) is 36.0 Å². The molecule has 4 bridgehead atoms. The van der Waals surface area contributed by atoms with Crippen molar-refractivity contribution in [3.63, 3.8) is 0 Å². The number of urea groups is 1. The van der Waals surface area contributed by atoms with Crippen molar-refractivity contribution in [1.29, 1.82) is 0 Å². The molecule has 1 atom stereocenters. The Morgan fingerprint density at radius 3 is 2.28 bits per heavy atom. The van der Waals surface area contributed by atoms with E-state index in [-0.39, 0.29) is 23.5 Å². The fraction of sp³-hybridized carbons (Fsp3) is 0.692. The first kappa shape index (κ1) is 21.6. The van der Waals surface area contributed by atoms with E-state index >= 15 is 0 Å². The molecule has 5 aliphatic rings. The van der Waals surface area contributed by atoms with Crippen molar-refractivity contribution in [2.75, 3.05) is 23.3 Å². The molecule has 0 radical (unpaired) electrons. The second kappa shape index (κ2) is 8.60. The van der Waals surface area contributed by atoms with Gasteiger partial charge in [-0.3, -0.25) is 4.79 Å². The van der Waals surface area contributed by atoms with E-state index < -0.39 is 0 Å². The van der Waals surface area contributed by atoms with Crippen LogP contribution in [0.3, 0.4) is 0 Å². The van der Waals surface area contributed by atoms with Crippen molar-refractivity contribution in [2.45, 2.75) is 83.2 Å². The lowest BCUT2D eigenvalue weighted by Crippen LogP contribution is -2.60. The third-order valence-electron chi connectivity index (χ3n) is 8.35. The third kappa shape index (κ3) is 4.33. The van der Waals surface area contributed by atoms with Crippen molar-refractivity contribution >= 4 is 23.3 Å². The zero-order valence-electron chi connectivity index (χ0n) is 19.6. The SMILES string of the molecule is CCC(C)NC(=O)c1cc(NC(=O)NC23CC4CC(CC(C4)C2)C3)ccc1N1CCCC1. The van der Waals surface area contributed by atoms with Crippen molar-refractivity contribution in [3.05, 3.63) is 23.8 Å². The minimum absolute atomic E-state index is 0.0227. The number of nitrogens with zero attached hydrogens (tertiary/aromatic N) is 1. The lowest BCUT2D eigenvalue weighted by atomic mass is 9.53. The maximum absolute atomic E-state index is 13.1. The highest BCUT2D eigenvalue weighted by molar-refractivity contribution is 6.02. The predicted molar refractivity (Wildman–Crippen MR) is 128 cm³/mol. The van der Waals surface area contributed by atoms with Gasteiger partial charge >= 0.3 is 6.03 Å². The fourth-order valence-corrected chi connectivity index (χ4v) is 7.10. The Kier molecular flexibility index (Phi) is 5.81. The predicted octanol–water partition coefficient (Wildman–Crippen LogP) is 4.91. The van der Waals surface area contributed by atoms with E-state index in [0.29, 0.717) is 11.3 Å². The van der Waals surface area contributed by atoms with Crippen LogP contribution in [0.15, 0.2) is 18.2 Å². The fourth-order valence-electron chi connectivity index (χ4n) is 7.10. The number of hydrogen-bond donors (Lipinski definition) is 3. The van der Waals surface area contributed by atoms with Crippen LogP contribution in [-0.2, 0) is 0 Å². The largest absolute Gasteiger partial charge is 0.371 e. The summed E-state index contributed by atoms with van der Waals surface area (Å²) in [7, 11) is 0. The normalized spacial score (nSPS) is 31.4. The quantitative estimate of drug-likeness (QED) is 0.591. The summed E-state index contributed by atoms with van der Waals surface area (Å²) in [6, 6.07) is 5.77. The van der Waals surface area contributed by atoms with E-state index in [1.165, 1.54) is 19.3 Å². The first-order valence-corrected chi connectivity index (χ1v) is 12.7. The van der Waals surface area contributed by atoms with Gasteiger partial charge in [0.25, 0.3) is 5.91 Å². The molecule has 3 amide bonds. The average molecular weight is 439 g/mol. The minimum atomic E-state index is -0.130. The van der Waals surface area contributed by atoms with Gasteiger partial charge in [0.15, 0.2) is 0 Å². The van der Waals surface area contributed by atoms with Crippen LogP contribution < -0.4 is 20.9 Å². The van der Waals surface area contributed by atoms with Gasteiger partial charge in [-0.15, -0.1) is 0 Å². The lowest BCUT2D eigenvalue weighted by Gasteiger charge is -2.56. The van der Waals surface area contributed by atoms with Crippen LogP contribution in [0.25, 0.3) is 0 Å². The van der Waals surface area contributed by atoms with Crippen LogP contribution in [0.2, 0.25) is 0 Å². The molecule has 3 N–H and O–H groups in total. The van der Waals surface area contributed by atoms with Crippen LogP contribution in [0.5, 0.6) is 0 Å². The molecule has 0 spiro atoms. The smallest absolute Gasteiger partial charge is 0.319 e. The zero-order chi connectivity index (χ0) is 22.3. The number of nitrogens with one attached hydrogen (secondary N) is 3. The Morgan fingerprint density at radius 2 is 1.69 bits per heavy atom. The van der Waals surface area contributed by atoms with Gasteiger partial charge in [0.05, 0.1) is 5.56 Å². The highest BCUT2D eigenvalue weighted by atomic mass is 16.2. The molecule has 4 saturated carbocycles. The van der Waals surface area contributed by atoms with Gasteiger partial charge in [0.1, 0.15) is 0 Å². The Morgan fingerprint density at radius 1 is 1.06 bits per heavy atom. The van der Waals surface area contributed by atoms with Crippen molar-refractivity contribution < 1.29 is 9.59 Å². The van der Waals surface area contributed by atoms with Crippen LogP contribution in [0, 0.1) is 17.8 Å². The maximum atomic E-state index is 13.1. The third-order valence-corrected chi connectivity index (χ3v) is 8.35. The molecular formula is C26H38N4O2. The van der Waals surface area contributed by atoms with Gasteiger partial charge in [-0.2, -0.15) is 0 Å². The summed E-state index contributed by atoms with van der Waals surface area (Å²) in [5.74, 6) is 2.30. The summed E-state index contributed by atoms with van der Waals surface area (Å²) in [5.41, 5.74) is 2.28. The summed E-state index contributed by atoms with van der Waals surface area (Å²) in [5, 5.41) is 9.52. The molecule has 6 nitrogen and oxygen atoms in total. The average Bonchev–Trinajstić information content (AvgIpc) is 3.26. The molecule has 1 aliphatic heterocycles. The molecule has 1 heterocycles. The highest BCUT2D eigenvalue weighted by Gasteiger charge is 2.51. The van der Waals surface area contributed by atoms with E-state index in [0.717, 1.165) is 75.1 Å². The van der Waals surface area contributed by atoms with Crippen LogP contribution in [0.4, 0.5) is 16.2 Å². The molecule has 32 heavy (non-hydrogen) atoms. The van der Waals surface area contributed by atoms with E-state index in [1.807, 2.05) is 25.1 Å². The summed E-state index contributed by atoms with van der Waals surface area (Å²) >= 11 is 0.